The highest BCUT2D eigenvalue weighted by Crippen LogP contribution is 2.16. The second kappa shape index (κ2) is 6.88. The van der Waals surface area contributed by atoms with Gasteiger partial charge in [0.1, 0.15) is 11.3 Å². The monoisotopic (exact) mass is 337 g/mol. The van der Waals surface area contributed by atoms with Gasteiger partial charge in [0.2, 0.25) is 5.43 Å². The fraction of sp³-hybridized carbons (Fsp3) is 0.0556. The highest BCUT2D eigenvalue weighted by molar-refractivity contribution is 6.01. The third kappa shape index (κ3) is 3.20. The topological polar surface area (TPSA) is 100 Å². The second-order valence-electron chi connectivity index (χ2n) is 5.19. The number of nitrogens with one attached hydrogen (secondary N) is 3. The Kier molecular flexibility index (Phi) is 4.47. The number of hydrazine groups is 1. The summed E-state index contributed by atoms with van der Waals surface area (Å²) in [7, 11) is 1.44. The van der Waals surface area contributed by atoms with Crippen molar-refractivity contribution in [3.8, 4) is 5.75 Å². The van der Waals surface area contributed by atoms with E-state index in [2.05, 4.69) is 15.8 Å². The van der Waals surface area contributed by atoms with Gasteiger partial charge in [0.15, 0.2) is 0 Å². The molecule has 0 aliphatic carbocycles. The van der Waals surface area contributed by atoms with Crippen LogP contribution in [-0.4, -0.2) is 23.9 Å². The van der Waals surface area contributed by atoms with E-state index in [-0.39, 0.29) is 11.1 Å². The van der Waals surface area contributed by atoms with Crippen LogP contribution in [0.4, 0.5) is 0 Å². The summed E-state index contributed by atoms with van der Waals surface area (Å²) in [5.41, 5.74) is 4.89. The fourth-order valence-electron chi connectivity index (χ4n) is 2.42. The number of amides is 2. The first-order chi connectivity index (χ1) is 12.1. The number of ether oxygens (including phenoxy) is 1. The molecule has 0 aliphatic rings. The molecule has 3 N–H and O–H groups in total. The summed E-state index contributed by atoms with van der Waals surface area (Å²) in [5.74, 6) is -0.893. The van der Waals surface area contributed by atoms with E-state index in [0.717, 1.165) is 0 Å². The molecule has 0 bridgehead atoms. The Balaban J connectivity index is 1.78. The molecule has 0 fully saturated rings. The van der Waals surface area contributed by atoms with Gasteiger partial charge in [-0.05, 0) is 24.3 Å². The van der Waals surface area contributed by atoms with Crippen LogP contribution in [0.3, 0.4) is 0 Å². The van der Waals surface area contributed by atoms with Crippen molar-refractivity contribution in [1.29, 1.82) is 0 Å². The van der Waals surface area contributed by atoms with E-state index in [1.54, 1.807) is 48.5 Å². The van der Waals surface area contributed by atoms with E-state index in [0.29, 0.717) is 16.7 Å². The standard InChI is InChI=1S/C18H15N3O4/c1-25-15-9-5-3-7-12(15)17(23)20-21-18(24)13-10-19-14-8-4-2-6-11(14)16(13)22/h2-10H,1H3,(H,19,22)(H,20,23)(H,21,24). The summed E-state index contributed by atoms with van der Waals surface area (Å²) < 4.78 is 5.10. The van der Waals surface area contributed by atoms with Crippen LogP contribution in [0.25, 0.3) is 10.9 Å². The number of methoxy groups -OCH3 is 1. The van der Waals surface area contributed by atoms with Crippen LogP contribution in [0.5, 0.6) is 5.75 Å². The van der Waals surface area contributed by atoms with Crippen LogP contribution < -0.4 is 21.0 Å². The maximum absolute atomic E-state index is 12.4. The zero-order valence-corrected chi connectivity index (χ0v) is 13.3. The smallest absolute Gasteiger partial charge is 0.275 e. The summed E-state index contributed by atoms with van der Waals surface area (Å²) in [4.78, 5) is 39.6. The van der Waals surface area contributed by atoms with Gasteiger partial charge >= 0.3 is 0 Å². The lowest BCUT2D eigenvalue weighted by Gasteiger charge is -2.10. The Morgan fingerprint density at radius 2 is 1.56 bits per heavy atom. The molecule has 7 nitrogen and oxygen atoms in total. The Bertz CT molecular complexity index is 1010. The van der Waals surface area contributed by atoms with Crippen molar-refractivity contribution in [2.24, 2.45) is 0 Å². The molecule has 0 spiro atoms. The lowest BCUT2D eigenvalue weighted by atomic mass is 10.1. The summed E-state index contributed by atoms with van der Waals surface area (Å²) >= 11 is 0. The number of para-hydroxylation sites is 2. The number of fused-ring (bicyclic) bond motifs is 1. The quantitative estimate of drug-likeness (QED) is 0.632. The van der Waals surface area contributed by atoms with Gasteiger partial charge in [0.25, 0.3) is 11.8 Å². The third-order valence-electron chi connectivity index (χ3n) is 3.67. The Morgan fingerprint density at radius 1 is 0.920 bits per heavy atom. The van der Waals surface area contributed by atoms with Gasteiger partial charge < -0.3 is 9.72 Å². The molecule has 25 heavy (non-hydrogen) atoms. The van der Waals surface area contributed by atoms with Crippen LogP contribution in [0.1, 0.15) is 20.7 Å². The molecule has 0 radical (unpaired) electrons. The molecule has 0 saturated carbocycles. The van der Waals surface area contributed by atoms with Crippen molar-refractivity contribution in [1.82, 2.24) is 15.8 Å². The van der Waals surface area contributed by atoms with Gasteiger partial charge in [0.05, 0.1) is 12.7 Å². The van der Waals surface area contributed by atoms with Crippen molar-refractivity contribution < 1.29 is 14.3 Å². The molecule has 7 heteroatoms. The average Bonchev–Trinajstić information content (AvgIpc) is 2.66. The van der Waals surface area contributed by atoms with Crippen molar-refractivity contribution in [3.63, 3.8) is 0 Å². The Hall–Kier alpha value is -3.61. The number of aromatic nitrogens is 1. The molecular formula is C18H15N3O4. The van der Waals surface area contributed by atoms with Crippen LogP contribution in [0.15, 0.2) is 59.5 Å². The maximum Gasteiger partial charge on any atom is 0.275 e. The lowest BCUT2D eigenvalue weighted by molar-refractivity contribution is 0.0844. The van der Waals surface area contributed by atoms with Crippen LogP contribution in [0.2, 0.25) is 0 Å². The zero-order valence-electron chi connectivity index (χ0n) is 13.3. The van der Waals surface area contributed by atoms with E-state index in [1.807, 2.05) is 0 Å². The van der Waals surface area contributed by atoms with E-state index in [9.17, 15) is 14.4 Å². The number of aromatic amines is 1. The predicted molar refractivity (Wildman–Crippen MR) is 92.5 cm³/mol. The molecule has 126 valence electrons. The molecular weight excluding hydrogens is 322 g/mol. The van der Waals surface area contributed by atoms with Gasteiger partial charge in [-0.3, -0.25) is 25.2 Å². The molecule has 1 aromatic heterocycles. The number of pyridine rings is 1. The minimum Gasteiger partial charge on any atom is -0.496 e. The molecule has 2 amide bonds. The summed E-state index contributed by atoms with van der Waals surface area (Å²) in [6, 6.07) is 13.4. The first-order valence-electron chi connectivity index (χ1n) is 7.46. The number of carbonyl (C=O) groups is 2. The van der Waals surface area contributed by atoms with Crippen molar-refractivity contribution in [3.05, 3.63) is 76.1 Å². The number of carbonyl (C=O) groups excluding carboxylic acids is 2. The number of hydrogen-bond donors (Lipinski definition) is 3. The zero-order chi connectivity index (χ0) is 17.8. The van der Waals surface area contributed by atoms with Crippen molar-refractivity contribution in [2.75, 3.05) is 7.11 Å². The van der Waals surface area contributed by atoms with Crippen molar-refractivity contribution >= 4 is 22.7 Å². The van der Waals surface area contributed by atoms with Gasteiger partial charge in [-0.1, -0.05) is 24.3 Å². The van der Waals surface area contributed by atoms with Gasteiger partial charge in [-0.25, -0.2) is 0 Å². The maximum atomic E-state index is 12.4. The highest BCUT2D eigenvalue weighted by atomic mass is 16.5. The normalized spacial score (nSPS) is 10.3. The van der Waals surface area contributed by atoms with Gasteiger partial charge in [-0.2, -0.15) is 0 Å². The molecule has 0 unspecified atom stereocenters. The van der Waals surface area contributed by atoms with E-state index in [1.165, 1.54) is 13.3 Å². The minimum absolute atomic E-state index is 0.0981. The lowest BCUT2D eigenvalue weighted by Crippen LogP contribution is -2.43. The van der Waals surface area contributed by atoms with E-state index >= 15 is 0 Å². The SMILES string of the molecule is COc1ccccc1C(=O)NNC(=O)c1c[nH]c2ccccc2c1=O. The van der Waals surface area contributed by atoms with Crippen LogP contribution >= 0.6 is 0 Å². The molecule has 0 aliphatic heterocycles. The van der Waals surface area contributed by atoms with Gasteiger partial charge in [0, 0.05) is 17.1 Å². The predicted octanol–water partition coefficient (Wildman–Crippen LogP) is 1.61. The van der Waals surface area contributed by atoms with Crippen molar-refractivity contribution in [2.45, 2.75) is 0 Å². The summed E-state index contributed by atoms with van der Waals surface area (Å²) in [6.45, 7) is 0. The largest absolute Gasteiger partial charge is 0.496 e. The summed E-state index contributed by atoms with van der Waals surface area (Å²) in [6.07, 6.45) is 1.31. The number of H-pyrrole nitrogens is 1. The van der Waals surface area contributed by atoms with Crippen LogP contribution in [0, 0.1) is 0 Å². The third-order valence-corrected chi connectivity index (χ3v) is 3.67. The van der Waals surface area contributed by atoms with Gasteiger partial charge in [-0.15, -0.1) is 0 Å². The fourth-order valence-corrected chi connectivity index (χ4v) is 2.42. The molecule has 1 heterocycles. The number of benzene rings is 2. The van der Waals surface area contributed by atoms with E-state index in [4.69, 9.17) is 4.74 Å². The highest BCUT2D eigenvalue weighted by Gasteiger charge is 2.15. The molecule has 2 aromatic carbocycles. The average molecular weight is 337 g/mol. The Labute approximate surface area is 142 Å². The molecule has 3 aromatic rings. The Morgan fingerprint density at radius 3 is 2.32 bits per heavy atom. The summed E-state index contributed by atoms with van der Waals surface area (Å²) in [5, 5.41) is 0.395. The number of hydrogen-bond acceptors (Lipinski definition) is 4. The second-order valence-corrected chi connectivity index (χ2v) is 5.19. The van der Waals surface area contributed by atoms with Crippen LogP contribution in [-0.2, 0) is 0 Å². The minimum atomic E-state index is -0.713. The molecule has 3 rings (SSSR count). The molecule has 0 atom stereocenters. The molecule has 0 saturated heterocycles. The van der Waals surface area contributed by atoms with E-state index < -0.39 is 17.2 Å². The first kappa shape index (κ1) is 16.3. The first-order valence-corrected chi connectivity index (χ1v) is 7.46. The number of rotatable bonds is 3.